The van der Waals surface area contributed by atoms with Gasteiger partial charge in [-0.15, -0.1) is 0 Å². The smallest absolute Gasteiger partial charge is 0.421 e. The number of carbonyl (C=O) groups is 1. The average molecular weight is 464 g/mol. The third-order valence-corrected chi connectivity index (χ3v) is 5.57. The van der Waals surface area contributed by atoms with Crippen LogP contribution in [0.4, 0.5) is 35.4 Å². The van der Waals surface area contributed by atoms with Gasteiger partial charge in [0.25, 0.3) is 0 Å². The number of ether oxygens (including phenoxy) is 1. The molecule has 7 nitrogen and oxygen atoms in total. The van der Waals surface area contributed by atoms with Crippen molar-refractivity contribution in [1.82, 2.24) is 14.9 Å². The molecule has 2 aromatic rings. The van der Waals surface area contributed by atoms with E-state index < -0.39 is 17.3 Å². The monoisotopic (exact) mass is 463 g/mol. The minimum Gasteiger partial charge on any atom is -0.444 e. The highest BCUT2D eigenvalue weighted by Crippen LogP contribution is 2.54. The molecule has 2 N–H and O–H groups in total. The zero-order valence-corrected chi connectivity index (χ0v) is 19.2. The zero-order valence-electron chi connectivity index (χ0n) is 19.2. The summed E-state index contributed by atoms with van der Waals surface area (Å²) in [6.07, 6.45) is -2.42. The third kappa shape index (κ3) is 4.69. The van der Waals surface area contributed by atoms with E-state index in [-0.39, 0.29) is 36.0 Å². The van der Waals surface area contributed by atoms with Crippen LogP contribution in [0.15, 0.2) is 24.4 Å². The van der Waals surface area contributed by atoms with Gasteiger partial charge in [-0.25, -0.2) is 9.78 Å². The van der Waals surface area contributed by atoms with Gasteiger partial charge in [0.05, 0.1) is 12.1 Å². The van der Waals surface area contributed by atoms with E-state index in [1.807, 2.05) is 39.0 Å². The van der Waals surface area contributed by atoms with Gasteiger partial charge in [-0.2, -0.15) is 18.2 Å². The largest absolute Gasteiger partial charge is 0.444 e. The van der Waals surface area contributed by atoms with Gasteiger partial charge in [0, 0.05) is 17.9 Å². The van der Waals surface area contributed by atoms with Crippen LogP contribution in [0.5, 0.6) is 0 Å². The normalized spacial score (nSPS) is 19.6. The van der Waals surface area contributed by atoms with Gasteiger partial charge < -0.3 is 15.4 Å². The summed E-state index contributed by atoms with van der Waals surface area (Å²) in [5.41, 5.74) is 1.22. The fourth-order valence-corrected chi connectivity index (χ4v) is 4.40. The molecule has 1 amide bonds. The van der Waals surface area contributed by atoms with Gasteiger partial charge >= 0.3 is 12.3 Å². The molecule has 2 aliphatic heterocycles. The Morgan fingerprint density at radius 1 is 1.15 bits per heavy atom. The average Bonchev–Trinajstić information content (AvgIpc) is 3.22. The van der Waals surface area contributed by atoms with E-state index in [4.69, 9.17) is 4.74 Å². The van der Waals surface area contributed by atoms with Crippen LogP contribution in [-0.4, -0.2) is 32.6 Å². The van der Waals surface area contributed by atoms with E-state index in [2.05, 4.69) is 20.6 Å². The molecule has 1 aromatic heterocycles. The highest BCUT2D eigenvalue weighted by atomic mass is 19.4. The fourth-order valence-electron chi connectivity index (χ4n) is 4.40. The van der Waals surface area contributed by atoms with Crippen molar-refractivity contribution < 1.29 is 22.7 Å². The summed E-state index contributed by atoms with van der Waals surface area (Å²) in [5, 5.41) is 5.74. The number of nitrogens with one attached hydrogen (secondary N) is 2. The molecule has 0 spiro atoms. The molecule has 1 saturated heterocycles. The summed E-state index contributed by atoms with van der Waals surface area (Å²) in [6.45, 7) is 8.99. The molecule has 2 aliphatic rings. The Balaban J connectivity index is 1.58. The van der Waals surface area contributed by atoms with Crippen molar-refractivity contribution in [2.75, 3.05) is 10.6 Å². The lowest BCUT2D eigenvalue weighted by molar-refractivity contribution is -0.137. The number of hydrogen-bond acceptors (Lipinski definition) is 6. The van der Waals surface area contributed by atoms with Gasteiger partial charge in [-0.3, -0.25) is 4.90 Å². The fraction of sp³-hybridized carbons (Fsp3) is 0.522. The Morgan fingerprint density at radius 3 is 2.42 bits per heavy atom. The van der Waals surface area contributed by atoms with E-state index in [1.54, 1.807) is 18.7 Å². The quantitative estimate of drug-likeness (QED) is 0.563. The number of fused-ring (bicyclic) bond motifs is 5. The summed E-state index contributed by atoms with van der Waals surface area (Å²) < 4.78 is 45.5. The summed E-state index contributed by atoms with van der Waals surface area (Å²) in [7, 11) is 0. The number of hydrogen-bond donors (Lipinski definition) is 2. The predicted molar refractivity (Wildman–Crippen MR) is 118 cm³/mol. The van der Waals surface area contributed by atoms with Gasteiger partial charge in [-0.1, -0.05) is 6.07 Å². The molecule has 33 heavy (non-hydrogen) atoms. The second-order valence-electron chi connectivity index (χ2n) is 9.72. The molecular weight excluding hydrogens is 435 g/mol. The Hall–Kier alpha value is -3.04. The van der Waals surface area contributed by atoms with Crippen LogP contribution in [0.25, 0.3) is 0 Å². The topological polar surface area (TPSA) is 79.4 Å². The summed E-state index contributed by atoms with van der Waals surface area (Å²) >= 11 is 0. The molecule has 0 radical (unpaired) electrons. The minimum absolute atomic E-state index is 0.0296. The van der Waals surface area contributed by atoms with Crippen molar-refractivity contribution in [1.29, 1.82) is 0 Å². The third-order valence-electron chi connectivity index (χ3n) is 5.57. The lowest BCUT2D eigenvalue weighted by Gasteiger charge is -2.27. The lowest BCUT2D eigenvalue weighted by atomic mass is 9.91. The van der Waals surface area contributed by atoms with E-state index in [0.717, 1.165) is 30.2 Å². The number of anilines is 3. The number of benzene rings is 1. The van der Waals surface area contributed by atoms with E-state index >= 15 is 0 Å². The number of rotatable bonds is 4. The van der Waals surface area contributed by atoms with E-state index in [0.29, 0.717) is 5.69 Å². The molecule has 0 unspecified atom stereocenters. The highest BCUT2D eigenvalue weighted by molar-refractivity contribution is 5.73. The maximum atomic E-state index is 13.3. The van der Waals surface area contributed by atoms with Crippen molar-refractivity contribution in [2.45, 2.75) is 77.4 Å². The second-order valence-corrected chi connectivity index (χ2v) is 9.72. The molecule has 10 heteroatoms. The van der Waals surface area contributed by atoms with E-state index in [1.165, 1.54) is 0 Å². The number of alkyl halides is 3. The molecule has 178 valence electrons. The van der Waals surface area contributed by atoms with Gasteiger partial charge in [0.2, 0.25) is 5.95 Å². The van der Waals surface area contributed by atoms with Crippen molar-refractivity contribution in [3.8, 4) is 0 Å². The maximum Gasteiger partial charge on any atom is 0.421 e. The van der Waals surface area contributed by atoms with Gasteiger partial charge in [0.15, 0.2) is 0 Å². The van der Waals surface area contributed by atoms with Crippen LogP contribution in [0.2, 0.25) is 0 Å². The van der Waals surface area contributed by atoms with Gasteiger partial charge in [-0.05, 0) is 70.7 Å². The number of halogens is 3. The van der Waals surface area contributed by atoms with Crippen LogP contribution in [-0.2, 0) is 10.9 Å². The number of carbonyl (C=O) groups excluding carboxylic acids is 1. The SMILES string of the molecule is CC(C)Nc1nc(Nc2ccc3c(c2)[C@H]2CC[C@@H]3N2C(=O)OC(C)(C)C)ncc1C(F)(F)F. The molecule has 2 bridgehead atoms. The van der Waals surface area contributed by atoms with Crippen LogP contribution < -0.4 is 10.6 Å². The Morgan fingerprint density at radius 2 is 1.82 bits per heavy atom. The van der Waals surface area contributed by atoms with Crippen molar-refractivity contribution >= 4 is 23.5 Å². The summed E-state index contributed by atoms with van der Waals surface area (Å²) in [5.74, 6) is -0.218. The summed E-state index contributed by atoms with van der Waals surface area (Å²) in [4.78, 5) is 22.5. The second kappa shape index (κ2) is 8.07. The molecule has 0 aliphatic carbocycles. The van der Waals surface area contributed by atoms with E-state index in [9.17, 15) is 18.0 Å². The Kier molecular flexibility index (Phi) is 5.66. The van der Waals surface area contributed by atoms with Crippen molar-refractivity contribution in [3.63, 3.8) is 0 Å². The maximum absolute atomic E-state index is 13.3. The van der Waals surface area contributed by atoms with Gasteiger partial charge in [0.1, 0.15) is 17.0 Å². The molecule has 3 heterocycles. The first-order valence-corrected chi connectivity index (χ1v) is 11.0. The van der Waals surface area contributed by atoms with Crippen LogP contribution in [0.3, 0.4) is 0 Å². The molecule has 2 atom stereocenters. The molecule has 1 aromatic carbocycles. The number of nitrogens with zero attached hydrogens (tertiary/aromatic N) is 3. The number of aromatic nitrogens is 2. The highest BCUT2D eigenvalue weighted by Gasteiger charge is 2.48. The molecular formula is C23H28F3N5O2. The van der Waals surface area contributed by atoms with Crippen molar-refractivity contribution in [3.05, 3.63) is 41.1 Å². The Labute approximate surface area is 190 Å². The molecule has 0 saturated carbocycles. The van der Waals surface area contributed by atoms with Crippen LogP contribution in [0, 0.1) is 0 Å². The zero-order chi connectivity index (χ0) is 24.1. The lowest BCUT2D eigenvalue weighted by Crippen LogP contribution is -2.34. The Bertz CT molecular complexity index is 1070. The summed E-state index contributed by atoms with van der Waals surface area (Å²) in [6, 6.07) is 5.32. The minimum atomic E-state index is -4.56. The first-order valence-electron chi connectivity index (χ1n) is 11.0. The number of amides is 1. The van der Waals surface area contributed by atoms with Crippen LogP contribution >= 0.6 is 0 Å². The van der Waals surface area contributed by atoms with Crippen LogP contribution in [0.1, 0.15) is 76.2 Å². The predicted octanol–water partition coefficient (Wildman–Crippen LogP) is 6.19. The molecule has 1 fully saturated rings. The molecule has 4 rings (SSSR count). The van der Waals surface area contributed by atoms with Crippen molar-refractivity contribution in [2.24, 2.45) is 0 Å². The first-order chi connectivity index (χ1) is 15.3. The standard InChI is InChI=1S/C23H28F3N5O2/c1-12(2)28-19-16(23(24,25)26)11-27-20(30-19)29-13-6-7-14-15(10-13)18-9-8-17(14)31(18)21(32)33-22(3,4)5/h6-7,10-12,17-18H,8-9H2,1-5H3,(H2,27,28,29,30)/t17-,18+/m0/s1. The first kappa shape index (κ1) is 23.1.